The molecule has 28 heavy (non-hydrogen) atoms. The summed E-state index contributed by atoms with van der Waals surface area (Å²) in [6, 6.07) is 19.1. The number of amides is 2. The molecule has 0 aromatic heterocycles. The van der Waals surface area contributed by atoms with Crippen molar-refractivity contribution in [2.24, 2.45) is 5.92 Å². The number of imide groups is 1. The Labute approximate surface area is 167 Å². The van der Waals surface area contributed by atoms with Crippen molar-refractivity contribution in [2.75, 3.05) is 0 Å². The fourth-order valence-electron chi connectivity index (χ4n) is 2.91. The quantitative estimate of drug-likeness (QED) is 0.775. The van der Waals surface area contributed by atoms with Gasteiger partial charge in [0.15, 0.2) is 0 Å². The summed E-state index contributed by atoms with van der Waals surface area (Å²) >= 11 is 0. The van der Waals surface area contributed by atoms with Gasteiger partial charge in [0.1, 0.15) is 5.60 Å². The highest BCUT2D eigenvalue weighted by atomic mass is 16.6. The first-order chi connectivity index (χ1) is 13.2. The van der Waals surface area contributed by atoms with E-state index in [1.54, 1.807) is 20.8 Å². The fourth-order valence-corrected chi connectivity index (χ4v) is 2.91. The Hall–Kier alpha value is -2.66. The number of benzene rings is 2. The zero-order valence-corrected chi connectivity index (χ0v) is 17.2. The number of nitrogens with one attached hydrogen (secondary N) is 2. The average molecular weight is 383 g/mol. The van der Waals surface area contributed by atoms with Gasteiger partial charge in [-0.25, -0.2) is 4.79 Å². The Morgan fingerprint density at radius 3 is 1.71 bits per heavy atom. The number of hydrogen-bond acceptors (Lipinski definition) is 4. The van der Waals surface area contributed by atoms with Gasteiger partial charge in [0.25, 0.3) is 0 Å². The number of ether oxygens (including phenoxy) is 1. The highest BCUT2D eigenvalue weighted by molar-refractivity contribution is 5.95. The van der Waals surface area contributed by atoms with Gasteiger partial charge < -0.3 is 4.74 Å². The predicted octanol–water partition coefficient (Wildman–Crippen LogP) is 4.44. The zero-order chi connectivity index (χ0) is 20.7. The molecule has 0 aliphatic rings. The second-order valence-corrected chi connectivity index (χ2v) is 8.13. The van der Waals surface area contributed by atoms with Crippen molar-refractivity contribution < 1.29 is 14.3 Å². The summed E-state index contributed by atoms with van der Waals surface area (Å²) < 4.78 is 5.21. The molecule has 0 bridgehead atoms. The smallest absolute Gasteiger partial charge is 0.414 e. The van der Waals surface area contributed by atoms with Crippen LogP contribution in [0.25, 0.3) is 0 Å². The number of carbonyl (C=O) groups excluding carboxylic acids is 2. The van der Waals surface area contributed by atoms with Crippen molar-refractivity contribution in [3.05, 3.63) is 71.8 Å². The molecule has 0 saturated heterocycles. The normalized spacial score (nSPS) is 12.7. The maximum Gasteiger partial charge on any atom is 0.414 e. The molecule has 0 fully saturated rings. The molecule has 0 radical (unpaired) electrons. The highest BCUT2D eigenvalue weighted by Gasteiger charge is 2.29. The van der Waals surface area contributed by atoms with Gasteiger partial charge in [-0.3, -0.25) is 15.4 Å². The summed E-state index contributed by atoms with van der Waals surface area (Å²) in [7, 11) is 0. The van der Waals surface area contributed by atoms with Crippen LogP contribution >= 0.6 is 0 Å². The molecule has 2 aromatic carbocycles. The standard InChI is InChI=1S/C23H30N2O3/c1-16(2)19(21(26)25-22(27)28-23(3,4)5)24-20(17-12-8-6-9-13-17)18-14-10-7-11-15-18/h6-16,19-20,24H,1-5H3,(H,25,26,27)/t19-/m1/s1. The molecular weight excluding hydrogens is 352 g/mol. The summed E-state index contributed by atoms with van der Waals surface area (Å²) in [4.78, 5) is 24.8. The van der Waals surface area contributed by atoms with Gasteiger partial charge in [-0.1, -0.05) is 74.5 Å². The van der Waals surface area contributed by atoms with Crippen LogP contribution in [-0.2, 0) is 9.53 Å². The Morgan fingerprint density at radius 2 is 1.32 bits per heavy atom. The topological polar surface area (TPSA) is 67.4 Å². The predicted molar refractivity (Wildman–Crippen MR) is 111 cm³/mol. The van der Waals surface area contributed by atoms with Crippen LogP contribution < -0.4 is 10.6 Å². The lowest BCUT2D eigenvalue weighted by Crippen LogP contribution is -2.51. The lowest BCUT2D eigenvalue weighted by atomic mass is 9.95. The van der Waals surface area contributed by atoms with E-state index in [-0.39, 0.29) is 12.0 Å². The minimum Gasteiger partial charge on any atom is -0.444 e. The van der Waals surface area contributed by atoms with Crippen molar-refractivity contribution in [3.8, 4) is 0 Å². The minimum absolute atomic E-state index is 0.0302. The number of hydrogen-bond donors (Lipinski definition) is 2. The van der Waals surface area contributed by atoms with E-state index < -0.39 is 23.6 Å². The van der Waals surface area contributed by atoms with Crippen LogP contribution in [0.3, 0.4) is 0 Å². The molecule has 0 unspecified atom stereocenters. The van der Waals surface area contributed by atoms with Gasteiger partial charge in [0.2, 0.25) is 5.91 Å². The van der Waals surface area contributed by atoms with Crippen molar-refractivity contribution in [3.63, 3.8) is 0 Å². The third kappa shape index (κ3) is 6.50. The molecule has 0 saturated carbocycles. The summed E-state index contributed by atoms with van der Waals surface area (Å²) in [6.07, 6.45) is -0.735. The number of rotatable bonds is 6. The Balaban J connectivity index is 2.23. The second kappa shape index (κ2) is 9.51. The van der Waals surface area contributed by atoms with E-state index in [1.165, 1.54) is 0 Å². The van der Waals surface area contributed by atoms with Crippen molar-refractivity contribution >= 4 is 12.0 Å². The lowest BCUT2D eigenvalue weighted by Gasteiger charge is -2.28. The Kier molecular flexibility index (Phi) is 7.35. The van der Waals surface area contributed by atoms with E-state index >= 15 is 0 Å². The van der Waals surface area contributed by atoms with E-state index in [4.69, 9.17) is 4.74 Å². The molecule has 1 atom stereocenters. The van der Waals surface area contributed by atoms with Crippen molar-refractivity contribution in [1.82, 2.24) is 10.6 Å². The van der Waals surface area contributed by atoms with Crippen LogP contribution in [0.2, 0.25) is 0 Å². The molecule has 5 nitrogen and oxygen atoms in total. The van der Waals surface area contributed by atoms with Crippen LogP contribution in [-0.4, -0.2) is 23.6 Å². The molecule has 2 rings (SSSR count). The van der Waals surface area contributed by atoms with Gasteiger partial charge in [-0.15, -0.1) is 0 Å². The first-order valence-corrected chi connectivity index (χ1v) is 9.57. The average Bonchev–Trinajstić information content (AvgIpc) is 2.61. The van der Waals surface area contributed by atoms with Crippen molar-refractivity contribution in [1.29, 1.82) is 0 Å². The van der Waals surface area contributed by atoms with Gasteiger partial charge in [0, 0.05) is 0 Å². The molecule has 2 aromatic rings. The summed E-state index contributed by atoms with van der Waals surface area (Å²) in [6.45, 7) is 9.17. The molecule has 0 spiro atoms. The molecule has 0 aliphatic heterocycles. The number of alkyl carbamates (subject to hydrolysis) is 1. The third-order valence-corrected chi connectivity index (χ3v) is 4.19. The van der Waals surface area contributed by atoms with Crippen LogP contribution in [0.5, 0.6) is 0 Å². The van der Waals surface area contributed by atoms with E-state index in [2.05, 4.69) is 10.6 Å². The Bertz CT molecular complexity index is 728. The minimum atomic E-state index is -0.735. The van der Waals surface area contributed by atoms with E-state index in [0.717, 1.165) is 11.1 Å². The maximum atomic E-state index is 12.8. The number of carbonyl (C=O) groups is 2. The van der Waals surface area contributed by atoms with Crippen LogP contribution in [0.4, 0.5) is 4.79 Å². The van der Waals surface area contributed by atoms with E-state index in [0.29, 0.717) is 0 Å². The fraction of sp³-hybridized carbons (Fsp3) is 0.391. The second-order valence-electron chi connectivity index (χ2n) is 8.13. The largest absolute Gasteiger partial charge is 0.444 e. The lowest BCUT2D eigenvalue weighted by molar-refractivity contribution is -0.123. The van der Waals surface area contributed by atoms with Crippen LogP contribution in [0.1, 0.15) is 51.8 Å². The summed E-state index contributed by atoms with van der Waals surface area (Å²) in [5.74, 6) is -0.432. The van der Waals surface area contributed by atoms with E-state index in [1.807, 2.05) is 74.5 Å². The van der Waals surface area contributed by atoms with Gasteiger partial charge >= 0.3 is 6.09 Å². The van der Waals surface area contributed by atoms with Crippen LogP contribution in [0, 0.1) is 5.92 Å². The highest BCUT2D eigenvalue weighted by Crippen LogP contribution is 2.23. The maximum absolute atomic E-state index is 12.8. The molecule has 0 aliphatic carbocycles. The molecular formula is C23H30N2O3. The van der Waals surface area contributed by atoms with Gasteiger partial charge in [-0.05, 0) is 37.8 Å². The molecule has 0 heterocycles. The first kappa shape index (κ1) is 21.6. The van der Waals surface area contributed by atoms with Gasteiger partial charge in [0.05, 0.1) is 12.1 Å². The molecule has 150 valence electrons. The molecule has 5 heteroatoms. The monoisotopic (exact) mass is 382 g/mol. The third-order valence-electron chi connectivity index (χ3n) is 4.19. The van der Waals surface area contributed by atoms with E-state index in [9.17, 15) is 9.59 Å². The Morgan fingerprint density at radius 1 is 0.857 bits per heavy atom. The summed E-state index contributed by atoms with van der Waals surface area (Å²) in [5, 5.41) is 5.80. The zero-order valence-electron chi connectivity index (χ0n) is 17.2. The molecule has 2 N–H and O–H groups in total. The van der Waals surface area contributed by atoms with Gasteiger partial charge in [-0.2, -0.15) is 0 Å². The summed E-state index contributed by atoms with van der Waals surface area (Å²) in [5.41, 5.74) is 1.43. The molecule has 2 amide bonds. The SMILES string of the molecule is CC(C)[C@@H](NC(c1ccccc1)c1ccccc1)C(=O)NC(=O)OC(C)(C)C. The van der Waals surface area contributed by atoms with Crippen LogP contribution in [0.15, 0.2) is 60.7 Å². The first-order valence-electron chi connectivity index (χ1n) is 9.57. The van der Waals surface area contributed by atoms with Crippen molar-refractivity contribution in [2.45, 2.75) is 52.3 Å².